The summed E-state index contributed by atoms with van der Waals surface area (Å²) in [5.41, 5.74) is 0.709. The SMILES string of the molecule is C[C@@H](C(=O)N[C@H]1CCO[C@H]2CC(C)(C)[C@@H](C(=O)N[C@@H]3CCCc4cc(OCCCC(=O)O)ccc43)N2C1=O)N(C)C(=O)OC(C)(C)C. The number of carbonyl (C=O) groups is 5. The molecule has 2 saturated heterocycles. The zero-order valence-corrected chi connectivity index (χ0v) is 28.6. The molecule has 0 unspecified atom stereocenters. The molecule has 0 bridgehead atoms. The number of carboxylic acids is 1. The number of aliphatic carboxylic acids is 1. The Morgan fingerprint density at radius 3 is 2.55 bits per heavy atom. The number of likely N-dealkylation sites (N-methyl/N-ethyl adjacent to an activating group) is 1. The van der Waals surface area contributed by atoms with E-state index in [0.717, 1.165) is 30.4 Å². The highest BCUT2D eigenvalue weighted by atomic mass is 16.6. The van der Waals surface area contributed by atoms with Gasteiger partial charge in [-0.1, -0.05) is 19.9 Å². The molecule has 5 atom stereocenters. The third-order valence-corrected chi connectivity index (χ3v) is 9.05. The van der Waals surface area contributed by atoms with E-state index in [0.29, 0.717) is 25.2 Å². The second-order valence-electron chi connectivity index (χ2n) is 14.4. The maximum atomic E-state index is 14.1. The molecule has 260 valence electrons. The Balaban J connectivity index is 1.46. The highest BCUT2D eigenvalue weighted by Gasteiger charge is 2.55. The smallest absolute Gasteiger partial charge is 0.410 e. The third kappa shape index (κ3) is 8.74. The standard InChI is InChI=1S/C34H50N4O9/c1-20(37(7)32(44)47-33(2,3)4)29(41)36-25-15-17-46-26-19-34(5,6)28(38(26)31(25)43)30(42)35-24-11-8-10-21-18-22(13-14-23(21)24)45-16-9-12-27(39)40/h13-14,18,20,24-26,28H,8-12,15-17,19H2,1-7H3,(H,35,42)(H,36,41)(H,39,40)/t20-,24+,25-,26-,28+/m0/s1. The molecular weight excluding hydrogens is 608 g/mol. The van der Waals surface area contributed by atoms with E-state index in [1.807, 2.05) is 32.0 Å². The molecule has 13 heteroatoms. The minimum Gasteiger partial charge on any atom is -0.494 e. The first-order valence-electron chi connectivity index (χ1n) is 16.5. The zero-order valence-electron chi connectivity index (χ0n) is 28.6. The number of ether oxygens (including phenoxy) is 3. The van der Waals surface area contributed by atoms with Crippen molar-refractivity contribution >= 4 is 29.8 Å². The van der Waals surface area contributed by atoms with Gasteiger partial charge in [0, 0.05) is 19.9 Å². The second kappa shape index (κ2) is 14.5. The summed E-state index contributed by atoms with van der Waals surface area (Å²) in [5, 5.41) is 14.9. The Morgan fingerprint density at radius 2 is 1.87 bits per heavy atom. The molecule has 3 N–H and O–H groups in total. The molecule has 0 saturated carbocycles. The molecule has 0 radical (unpaired) electrons. The van der Waals surface area contributed by atoms with Crippen LogP contribution in [-0.4, -0.2) is 94.9 Å². The summed E-state index contributed by atoms with van der Waals surface area (Å²) in [6, 6.07) is 2.79. The number of amides is 4. The van der Waals surface area contributed by atoms with E-state index in [-0.39, 0.29) is 31.4 Å². The zero-order chi connectivity index (χ0) is 34.7. The molecule has 1 aliphatic carbocycles. The summed E-state index contributed by atoms with van der Waals surface area (Å²) < 4.78 is 17.2. The van der Waals surface area contributed by atoms with Crippen molar-refractivity contribution in [1.29, 1.82) is 0 Å². The molecule has 2 fully saturated rings. The summed E-state index contributed by atoms with van der Waals surface area (Å²) in [6.07, 6.45) is 2.29. The van der Waals surface area contributed by atoms with Gasteiger partial charge < -0.3 is 34.9 Å². The number of nitrogens with zero attached hydrogens (tertiary/aromatic N) is 2. The Bertz CT molecular complexity index is 1360. The van der Waals surface area contributed by atoms with Crippen molar-refractivity contribution in [3.05, 3.63) is 29.3 Å². The number of hydrogen-bond acceptors (Lipinski definition) is 8. The molecule has 13 nitrogen and oxygen atoms in total. The van der Waals surface area contributed by atoms with Crippen molar-refractivity contribution in [1.82, 2.24) is 20.4 Å². The lowest BCUT2D eigenvalue weighted by Gasteiger charge is -2.36. The Kier molecular flexibility index (Phi) is 11.1. The van der Waals surface area contributed by atoms with Crippen molar-refractivity contribution in [3.63, 3.8) is 0 Å². The number of carboxylic acid groups (broad SMARTS) is 1. The van der Waals surface area contributed by atoms with Crippen LogP contribution in [0.25, 0.3) is 0 Å². The van der Waals surface area contributed by atoms with Crippen LogP contribution in [0.1, 0.15) is 97.2 Å². The molecule has 47 heavy (non-hydrogen) atoms. The van der Waals surface area contributed by atoms with Gasteiger partial charge in [0.25, 0.3) is 0 Å². The van der Waals surface area contributed by atoms with Crippen LogP contribution < -0.4 is 15.4 Å². The van der Waals surface area contributed by atoms with Crippen LogP contribution in [0, 0.1) is 5.41 Å². The average molecular weight is 659 g/mol. The lowest BCUT2D eigenvalue weighted by atomic mass is 9.82. The maximum Gasteiger partial charge on any atom is 0.410 e. The molecule has 3 aliphatic rings. The van der Waals surface area contributed by atoms with Gasteiger partial charge in [-0.2, -0.15) is 0 Å². The van der Waals surface area contributed by atoms with Crippen LogP contribution in [-0.2, 0) is 35.1 Å². The van der Waals surface area contributed by atoms with Gasteiger partial charge in [0.05, 0.1) is 19.3 Å². The van der Waals surface area contributed by atoms with Gasteiger partial charge >= 0.3 is 12.1 Å². The van der Waals surface area contributed by atoms with Crippen molar-refractivity contribution in [2.75, 3.05) is 20.3 Å². The quantitative estimate of drug-likeness (QED) is 0.319. The minimum absolute atomic E-state index is 0.0413. The van der Waals surface area contributed by atoms with E-state index in [1.165, 1.54) is 16.8 Å². The van der Waals surface area contributed by atoms with Crippen LogP contribution in [0.2, 0.25) is 0 Å². The van der Waals surface area contributed by atoms with Gasteiger partial charge in [0.15, 0.2) is 0 Å². The number of aryl methyl sites for hydroxylation is 1. The fourth-order valence-corrected chi connectivity index (χ4v) is 6.51. The van der Waals surface area contributed by atoms with E-state index in [9.17, 15) is 24.0 Å². The van der Waals surface area contributed by atoms with Gasteiger partial charge in [0.1, 0.15) is 35.7 Å². The number of nitrogens with one attached hydrogen (secondary N) is 2. The van der Waals surface area contributed by atoms with Gasteiger partial charge in [-0.15, -0.1) is 0 Å². The van der Waals surface area contributed by atoms with Crippen LogP contribution in [0.3, 0.4) is 0 Å². The Morgan fingerprint density at radius 1 is 1.15 bits per heavy atom. The van der Waals surface area contributed by atoms with Gasteiger partial charge in [0.2, 0.25) is 17.7 Å². The number of carbonyl (C=O) groups excluding carboxylic acids is 4. The third-order valence-electron chi connectivity index (χ3n) is 9.05. The molecule has 2 aliphatic heterocycles. The predicted octanol–water partition coefficient (Wildman–Crippen LogP) is 3.54. The van der Waals surface area contributed by atoms with E-state index >= 15 is 0 Å². The van der Waals surface area contributed by atoms with Gasteiger partial charge in [-0.25, -0.2) is 4.79 Å². The lowest BCUT2D eigenvalue weighted by molar-refractivity contribution is -0.150. The van der Waals surface area contributed by atoms with Crippen molar-refractivity contribution in [3.8, 4) is 5.75 Å². The number of rotatable bonds is 10. The van der Waals surface area contributed by atoms with E-state index in [1.54, 1.807) is 27.7 Å². The molecule has 0 aromatic heterocycles. The van der Waals surface area contributed by atoms with Crippen molar-refractivity contribution < 1.29 is 43.3 Å². The monoisotopic (exact) mass is 658 g/mol. The summed E-state index contributed by atoms with van der Waals surface area (Å²) in [7, 11) is 1.47. The van der Waals surface area contributed by atoms with E-state index < -0.39 is 59.2 Å². The van der Waals surface area contributed by atoms with Crippen LogP contribution in [0.15, 0.2) is 18.2 Å². The number of benzene rings is 1. The van der Waals surface area contributed by atoms with Crippen molar-refractivity contribution in [2.45, 2.75) is 122 Å². The van der Waals surface area contributed by atoms with Crippen LogP contribution in [0.4, 0.5) is 4.79 Å². The first-order valence-corrected chi connectivity index (χ1v) is 16.5. The van der Waals surface area contributed by atoms with Gasteiger partial charge in [-0.05, 0) is 88.5 Å². The van der Waals surface area contributed by atoms with E-state index in [4.69, 9.17) is 19.3 Å². The highest BCUT2D eigenvalue weighted by molar-refractivity contribution is 5.95. The lowest BCUT2D eigenvalue weighted by Crippen LogP contribution is -2.58. The molecule has 0 spiro atoms. The average Bonchev–Trinajstić information content (AvgIpc) is 3.17. The maximum absolute atomic E-state index is 14.1. The first-order chi connectivity index (χ1) is 22.0. The number of hydrogen-bond donors (Lipinski definition) is 3. The molecular formula is C34H50N4O9. The largest absolute Gasteiger partial charge is 0.494 e. The predicted molar refractivity (Wildman–Crippen MR) is 171 cm³/mol. The molecule has 4 rings (SSSR count). The topological polar surface area (TPSA) is 164 Å². The van der Waals surface area contributed by atoms with Gasteiger partial charge in [-0.3, -0.25) is 24.1 Å². The number of fused-ring (bicyclic) bond motifs is 2. The normalized spacial score (nSPS) is 24.2. The summed E-state index contributed by atoms with van der Waals surface area (Å²) in [6.45, 7) is 11.2. The second-order valence-corrected chi connectivity index (χ2v) is 14.4. The summed E-state index contributed by atoms with van der Waals surface area (Å²) in [5.74, 6) is -1.40. The Hall–Kier alpha value is -3.87. The molecule has 4 amide bonds. The van der Waals surface area contributed by atoms with Crippen LogP contribution in [0.5, 0.6) is 5.75 Å². The highest BCUT2D eigenvalue weighted by Crippen LogP contribution is 2.43. The molecule has 1 aromatic rings. The fraction of sp³-hybridized carbons (Fsp3) is 0.676. The summed E-state index contributed by atoms with van der Waals surface area (Å²) >= 11 is 0. The Labute approximate surface area is 276 Å². The van der Waals surface area contributed by atoms with Crippen LogP contribution >= 0.6 is 0 Å². The fourth-order valence-electron chi connectivity index (χ4n) is 6.51. The summed E-state index contributed by atoms with van der Waals surface area (Å²) in [4.78, 5) is 67.4. The molecule has 1 aromatic carbocycles. The minimum atomic E-state index is -0.935. The first kappa shape index (κ1) is 36.0. The van der Waals surface area contributed by atoms with Crippen molar-refractivity contribution in [2.24, 2.45) is 5.41 Å². The van der Waals surface area contributed by atoms with E-state index in [2.05, 4.69) is 10.6 Å². The molecule has 2 heterocycles.